The van der Waals surface area contributed by atoms with Gasteiger partial charge < -0.3 is 14.5 Å². The molecule has 5 heteroatoms. The molecular formula is C18H26N2O3. The molecule has 1 amide bonds. The molecule has 0 atom stereocenters. The van der Waals surface area contributed by atoms with Crippen LogP contribution in [0.3, 0.4) is 0 Å². The van der Waals surface area contributed by atoms with E-state index in [1.165, 1.54) is 0 Å². The van der Waals surface area contributed by atoms with Crippen molar-refractivity contribution in [3.05, 3.63) is 22.6 Å². The fourth-order valence-electron chi connectivity index (χ4n) is 3.76. The number of nitrogens with zero attached hydrogens (tertiary/aromatic N) is 2. The zero-order chi connectivity index (χ0) is 16.8. The van der Waals surface area contributed by atoms with E-state index in [1.807, 2.05) is 11.8 Å². The molecule has 0 spiro atoms. The molecule has 126 valence electrons. The highest BCUT2D eigenvalue weighted by Crippen LogP contribution is 2.39. The average Bonchev–Trinajstić information content (AvgIpc) is 2.82. The van der Waals surface area contributed by atoms with Crippen LogP contribution in [0.1, 0.15) is 67.5 Å². The van der Waals surface area contributed by atoms with Gasteiger partial charge >= 0.3 is 0 Å². The normalized spacial score (nSPS) is 23.1. The molecule has 1 aliphatic heterocycles. The standard InChI is InChI=1S/C18H26N2O3/c1-11-5-7-20(8-6-11)17(21)16-12(2)15-13(19-22)9-18(3,4)10-14(15)23-16/h11,22H,5-10H2,1-4H3/b19-13-. The summed E-state index contributed by atoms with van der Waals surface area (Å²) in [6.07, 6.45) is 3.53. The van der Waals surface area contributed by atoms with Crippen LogP contribution in [-0.2, 0) is 6.42 Å². The quantitative estimate of drug-likeness (QED) is 0.635. The van der Waals surface area contributed by atoms with Gasteiger partial charge in [0.2, 0.25) is 0 Å². The Kier molecular flexibility index (Phi) is 3.98. The first-order valence-corrected chi connectivity index (χ1v) is 8.45. The average molecular weight is 318 g/mol. The van der Waals surface area contributed by atoms with Gasteiger partial charge in [0.05, 0.1) is 5.71 Å². The fourth-order valence-corrected chi connectivity index (χ4v) is 3.76. The van der Waals surface area contributed by atoms with E-state index in [4.69, 9.17) is 4.42 Å². The van der Waals surface area contributed by atoms with E-state index in [0.29, 0.717) is 23.8 Å². The second kappa shape index (κ2) is 5.69. The molecule has 3 rings (SSSR count). The monoisotopic (exact) mass is 318 g/mol. The van der Waals surface area contributed by atoms with Crippen LogP contribution in [0.5, 0.6) is 0 Å². The number of furan rings is 1. The van der Waals surface area contributed by atoms with Crippen molar-refractivity contribution in [2.75, 3.05) is 13.1 Å². The SMILES string of the molecule is Cc1c(C(=O)N2CCC(C)CC2)oc2c1/C(=N\O)CC(C)(C)C2. The number of carbonyl (C=O) groups is 1. The molecule has 0 saturated carbocycles. The highest BCUT2D eigenvalue weighted by Gasteiger charge is 2.37. The summed E-state index contributed by atoms with van der Waals surface area (Å²) in [6.45, 7) is 9.93. The Morgan fingerprint density at radius 2 is 1.96 bits per heavy atom. The minimum absolute atomic E-state index is 0.0280. The molecule has 1 aromatic rings. The summed E-state index contributed by atoms with van der Waals surface area (Å²) in [5.41, 5.74) is 2.25. The van der Waals surface area contributed by atoms with Crippen LogP contribution in [-0.4, -0.2) is 34.8 Å². The predicted molar refractivity (Wildman–Crippen MR) is 88.2 cm³/mol. The lowest BCUT2D eigenvalue weighted by atomic mass is 9.75. The maximum absolute atomic E-state index is 12.8. The molecule has 5 nitrogen and oxygen atoms in total. The molecule has 0 radical (unpaired) electrons. The van der Waals surface area contributed by atoms with Crippen molar-refractivity contribution in [1.82, 2.24) is 4.90 Å². The summed E-state index contributed by atoms with van der Waals surface area (Å²) in [6, 6.07) is 0. The molecule has 2 aliphatic rings. The van der Waals surface area contributed by atoms with Gasteiger partial charge in [-0.1, -0.05) is 25.9 Å². The van der Waals surface area contributed by atoms with E-state index >= 15 is 0 Å². The Balaban J connectivity index is 1.94. The van der Waals surface area contributed by atoms with Crippen molar-refractivity contribution >= 4 is 11.6 Å². The van der Waals surface area contributed by atoms with Crippen molar-refractivity contribution in [1.29, 1.82) is 0 Å². The van der Waals surface area contributed by atoms with E-state index in [1.54, 1.807) is 0 Å². The Labute approximate surface area is 137 Å². The first-order chi connectivity index (χ1) is 10.8. The number of amides is 1. The first kappa shape index (κ1) is 16.1. The lowest BCUT2D eigenvalue weighted by molar-refractivity contribution is 0.0661. The van der Waals surface area contributed by atoms with Gasteiger partial charge in [-0.15, -0.1) is 0 Å². The predicted octanol–water partition coefficient (Wildman–Crippen LogP) is 3.61. The number of hydrogen-bond donors (Lipinski definition) is 1. The number of oxime groups is 1. The summed E-state index contributed by atoms with van der Waals surface area (Å²) in [4.78, 5) is 14.7. The molecule has 1 saturated heterocycles. The molecule has 1 fully saturated rings. The highest BCUT2D eigenvalue weighted by molar-refractivity contribution is 6.06. The Morgan fingerprint density at radius 3 is 2.57 bits per heavy atom. The summed E-state index contributed by atoms with van der Waals surface area (Å²) in [7, 11) is 0. The van der Waals surface area contributed by atoms with Crippen LogP contribution >= 0.6 is 0 Å². The first-order valence-electron chi connectivity index (χ1n) is 8.45. The van der Waals surface area contributed by atoms with Crippen molar-refractivity contribution in [3.63, 3.8) is 0 Å². The van der Waals surface area contributed by atoms with E-state index in [9.17, 15) is 10.0 Å². The van der Waals surface area contributed by atoms with Crippen LogP contribution in [0, 0.1) is 18.3 Å². The zero-order valence-electron chi connectivity index (χ0n) is 14.5. The van der Waals surface area contributed by atoms with Crippen LogP contribution < -0.4 is 0 Å². The van der Waals surface area contributed by atoms with Crippen LogP contribution in [0.15, 0.2) is 9.57 Å². The van der Waals surface area contributed by atoms with E-state index in [-0.39, 0.29) is 11.3 Å². The van der Waals surface area contributed by atoms with E-state index < -0.39 is 0 Å². The zero-order valence-corrected chi connectivity index (χ0v) is 14.5. The molecule has 1 aliphatic carbocycles. The van der Waals surface area contributed by atoms with Gasteiger partial charge in [-0.2, -0.15) is 0 Å². The smallest absolute Gasteiger partial charge is 0.289 e. The maximum Gasteiger partial charge on any atom is 0.289 e. The van der Waals surface area contributed by atoms with Crippen molar-refractivity contribution < 1.29 is 14.4 Å². The second-order valence-electron chi connectivity index (χ2n) is 7.89. The third kappa shape index (κ3) is 2.89. The number of rotatable bonds is 1. The van der Waals surface area contributed by atoms with E-state index in [2.05, 4.69) is 25.9 Å². The molecule has 0 aromatic carbocycles. The van der Waals surface area contributed by atoms with Crippen molar-refractivity contribution in [2.24, 2.45) is 16.5 Å². The minimum atomic E-state index is -0.0288. The van der Waals surface area contributed by atoms with Crippen LogP contribution in [0.2, 0.25) is 0 Å². The topological polar surface area (TPSA) is 66.0 Å². The highest BCUT2D eigenvalue weighted by atomic mass is 16.4. The van der Waals surface area contributed by atoms with Gasteiger partial charge in [0.1, 0.15) is 5.76 Å². The number of hydrogen-bond acceptors (Lipinski definition) is 4. The summed E-state index contributed by atoms with van der Waals surface area (Å²) in [5, 5.41) is 12.8. The molecule has 1 N–H and O–H groups in total. The summed E-state index contributed by atoms with van der Waals surface area (Å²) >= 11 is 0. The Morgan fingerprint density at radius 1 is 1.30 bits per heavy atom. The number of piperidine rings is 1. The summed E-state index contributed by atoms with van der Waals surface area (Å²) < 4.78 is 5.96. The number of carbonyl (C=O) groups excluding carboxylic acids is 1. The van der Waals surface area contributed by atoms with Gasteiger partial charge in [-0.25, -0.2) is 0 Å². The molecular weight excluding hydrogens is 292 g/mol. The molecule has 2 heterocycles. The Bertz CT molecular complexity index is 649. The lowest BCUT2D eigenvalue weighted by Crippen LogP contribution is -2.38. The third-order valence-electron chi connectivity index (χ3n) is 5.18. The molecule has 0 bridgehead atoms. The van der Waals surface area contributed by atoms with Crippen molar-refractivity contribution in [2.45, 2.75) is 53.4 Å². The van der Waals surface area contributed by atoms with Crippen LogP contribution in [0.4, 0.5) is 0 Å². The maximum atomic E-state index is 12.8. The van der Waals surface area contributed by atoms with Gasteiger partial charge in [0.25, 0.3) is 5.91 Å². The third-order valence-corrected chi connectivity index (χ3v) is 5.18. The molecule has 1 aromatic heterocycles. The van der Waals surface area contributed by atoms with Crippen molar-refractivity contribution in [3.8, 4) is 0 Å². The van der Waals surface area contributed by atoms with Gasteiger partial charge in [0, 0.05) is 30.6 Å². The Hall–Kier alpha value is -1.78. The fraction of sp³-hybridized carbons (Fsp3) is 0.667. The van der Waals surface area contributed by atoms with Gasteiger partial charge in [-0.3, -0.25) is 4.79 Å². The molecule has 23 heavy (non-hydrogen) atoms. The second-order valence-corrected chi connectivity index (χ2v) is 7.89. The summed E-state index contributed by atoms with van der Waals surface area (Å²) in [5.74, 6) is 1.85. The van der Waals surface area contributed by atoms with Gasteiger partial charge in [-0.05, 0) is 37.5 Å². The van der Waals surface area contributed by atoms with E-state index in [0.717, 1.165) is 49.2 Å². The molecule has 0 unspecified atom stereocenters. The largest absolute Gasteiger partial charge is 0.455 e. The number of likely N-dealkylation sites (tertiary alicyclic amines) is 1. The minimum Gasteiger partial charge on any atom is -0.455 e. The lowest BCUT2D eigenvalue weighted by Gasteiger charge is -2.29. The van der Waals surface area contributed by atoms with Crippen LogP contribution in [0.25, 0.3) is 0 Å². The van der Waals surface area contributed by atoms with Gasteiger partial charge in [0.15, 0.2) is 5.76 Å². The number of fused-ring (bicyclic) bond motifs is 1.